The molecular formula is C17H21N5O. The monoisotopic (exact) mass is 311 g/mol. The van der Waals surface area contributed by atoms with Gasteiger partial charge in [0, 0.05) is 31.6 Å². The molecule has 3 aromatic heterocycles. The molecule has 3 aromatic rings. The van der Waals surface area contributed by atoms with Crippen LogP contribution in [0.1, 0.15) is 38.4 Å². The van der Waals surface area contributed by atoms with Gasteiger partial charge in [-0.25, -0.2) is 9.97 Å². The molecule has 2 atom stereocenters. The average Bonchev–Trinajstić information content (AvgIpc) is 3.20. The van der Waals surface area contributed by atoms with Crippen molar-refractivity contribution in [3.63, 3.8) is 0 Å². The summed E-state index contributed by atoms with van der Waals surface area (Å²) in [6, 6.07) is 2.03. The lowest BCUT2D eigenvalue weighted by Gasteiger charge is -2.36. The van der Waals surface area contributed by atoms with Crippen molar-refractivity contribution in [3.05, 3.63) is 30.5 Å². The fourth-order valence-corrected chi connectivity index (χ4v) is 3.62. The number of amides is 1. The van der Waals surface area contributed by atoms with Crippen LogP contribution >= 0.6 is 0 Å². The lowest BCUT2D eigenvalue weighted by Crippen LogP contribution is -2.42. The van der Waals surface area contributed by atoms with Crippen molar-refractivity contribution in [2.75, 3.05) is 13.1 Å². The number of nitrogens with one attached hydrogen (secondary N) is 1. The number of rotatable bonds is 2. The summed E-state index contributed by atoms with van der Waals surface area (Å²) < 4.78 is 2.18. The number of likely N-dealkylation sites (tertiary alicyclic amines) is 1. The first-order chi connectivity index (χ1) is 11.2. The first-order valence-corrected chi connectivity index (χ1v) is 8.26. The Morgan fingerprint density at radius 1 is 1.39 bits per heavy atom. The molecule has 1 fully saturated rings. The summed E-state index contributed by atoms with van der Waals surface area (Å²) in [4.78, 5) is 26.4. The summed E-state index contributed by atoms with van der Waals surface area (Å²) in [6.07, 6.45) is 7.21. The normalized spacial score (nSPS) is 22.1. The maximum absolute atomic E-state index is 12.1. The van der Waals surface area contributed by atoms with Gasteiger partial charge in [0.25, 0.3) is 0 Å². The van der Waals surface area contributed by atoms with Crippen LogP contribution < -0.4 is 0 Å². The van der Waals surface area contributed by atoms with Crippen molar-refractivity contribution < 1.29 is 4.79 Å². The molecule has 0 unspecified atom stereocenters. The number of aromatic amines is 1. The minimum absolute atomic E-state index is 0.233. The number of carbonyl (C=O) groups is 1. The zero-order valence-electron chi connectivity index (χ0n) is 13.5. The van der Waals surface area contributed by atoms with E-state index in [4.69, 9.17) is 0 Å². The van der Waals surface area contributed by atoms with E-state index in [2.05, 4.69) is 26.3 Å². The Balaban J connectivity index is 1.80. The van der Waals surface area contributed by atoms with Gasteiger partial charge in [0.15, 0.2) is 5.65 Å². The Labute approximate surface area is 134 Å². The van der Waals surface area contributed by atoms with Gasteiger partial charge in [0.1, 0.15) is 5.82 Å². The Morgan fingerprint density at radius 2 is 2.22 bits per heavy atom. The van der Waals surface area contributed by atoms with Gasteiger partial charge in [-0.15, -0.1) is 0 Å². The summed E-state index contributed by atoms with van der Waals surface area (Å²) in [5.74, 6) is 2.02. The highest BCUT2D eigenvalue weighted by Crippen LogP contribution is 2.33. The van der Waals surface area contributed by atoms with Gasteiger partial charge in [0.2, 0.25) is 5.91 Å². The molecule has 23 heavy (non-hydrogen) atoms. The number of nitrogens with zero attached hydrogens (tertiary/aromatic N) is 4. The molecule has 4 heterocycles. The van der Waals surface area contributed by atoms with E-state index >= 15 is 0 Å². The van der Waals surface area contributed by atoms with Crippen molar-refractivity contribution in [3.8, 4) is 0 Å². The van der Waals surface area contributed by atoms with Crippen LogP contribution in [0.25, 0.3) is 16.7 Å². The second kappa shape index (κ2) is 5.37. The summed E-state index contributed by atoms with van der Waals surface area (Å²) >= 11 is 0. The second-order valence-electron chi connectivity index (χ2n) is 6.41. The molecule has 1 N–H and O–H groups in total. The summed E-state index contributed by atoms with van der Waals surface area (Å²) in [7, 11) is 0. The number of carbonyl (C=O) groups excluding carboxylic acids is 1. The fourth-order valence-electron chi connectivity index (χ4n) is 3.62. The molecule has 0 radical (unpaired) electrons. The molecule has 6 heteroatoms. The molecule has 1 amide bonds. The van der Waals surface area contributed by atoms with Gasteiger partial charge >= 0.3 is 0 Å². The summed E-state index contributed by atoms with van der Waals surface area (Å²) in [5, 5.41) is 0. The van der Waals surface area contributed by atoms with Gasteiger partial charge in [-0.2, -0.15) is 0 Å². The molecule has 0 spiro atoms. The molecule has 0 aliphatic carbocycles. The molecule has 1 saturated heterocycles. The van der Waals surface area contributed by atoms with Crippen LogP contribution in [0.4, 0.5) is 0 Å². The van der Waals surface area contributed by atoms with E-state index in [-0.39, 0.29) is 11.8 Å². The molecule has 4 rings (SSSR count). The fraction of sp³-hybridized carbons (Fsp3) is 0.471. The number of hydrogen-bond donors (Lipinski definition) is 1. The molecule has 6 nitrogen and oxygen atoms in total. The average molecular weight is 311 g/mol. The molecule has 0 aromatic carbocycles. The number of H-pyrrole nitrogens is 1. The van der Waals surface area contributed by atoms with Crippen LogP contribution in [-0.4, -0.2) is 43.2 Å². The van der Waals surface area contributed by atoms with Crippen molar-refractivity contribution in [1.82, 2.24) is 24.3 Å². The van der Waals surface area contributed by atoms with Gasteiger partial charge < -0.3 is 9.88 Å². The van der Waals surface area contributed by atoms with Gasteiger partial charge in [-0.05, 0) is 18.4 Å². The van der Waals surface area contributed by atoms with Crippen LogP contribution in [0.15, 0.2) is 24.7 Å². The number of fused-ring (bicyclic) bond motifs is 3. The second-order valence-corrected chi connectivity index (χ2v) is 6.41. The predicted octanol–water partition coefficient (Wildman–Crippen LogP) is 2.57. The quantitative estimate of drug-likeness (QED) is 0.791. The van der Waals surface area contributed by atoms with E-state index < -0.39 is 0 Å². The topological polar surface area (TPSA) is 66.3 Å². The molecule has 0 bridgehead atoms. The van der Waals surface area contributed by atoms with Crippen molar-refractivity contribution in [1.29, 1.82) is 0 Å². The zero-order valence-corrected chi connectivity index (χ0v) is 13.5. The maximum Gasteiger partial charge on any atom is 0.222 e. The largest absolute Gasteiger partial charge is 0.345 e. The third kappa shape index (κ3) is 2.20. The van der Waals surface area contributed by atoms with Crippen LogP contribution in [-0.2, 0) is 4.79 Å². The SMILES string of the molecule is CCC(=O)N1CC[C@@H](C)[C@@H](c2ncc3cnc4[nH]ccc4n23)C1. The molecule has 1 aliphatic rings. The number of hydrogen-bond acceptors (Lipinski definition) is 3. The summed E-state index contributed by atoms with van der Waals surface area (Å²) in [6.45, 7) is 5.79. The van der Waals surface area contributed by atoms with E-state index in [1.54, 1.807) is 0 Å². The predicted molar refractivity (Wildman–Crippen MR) is 88.2 cm³/mol. The molecular weight excluding hydrogens is 290 g/mol. The number of aromatic nitrogens is 4. The van der Waals surface area contributed by atoms with E-state index in [1.165, 1.54) is 0 Å². The Morgan fingerprint density at radius 3 is 3.04 bits per heavy atom. The highest BCUT2D eigenvalue weighted by Gasteiger charge is 2.32. The third-order valence-corrected chi connectivity index (χ3v) is 5.03. The Bertz CT molecular complexity index is 864. The van der Waals surface area contributed by atoms with Crippen LogP contribution in [0.5, 0.6) is 0 Å². The first kappa shape index (κ1) is 14.2. The van der Waals surface area contributed by atoms with Crippen LogP contribution in [0.3, 0.4) is 0 Å². The lowest BCUT2D eigenvalue weighted by molar-refractivity contribution is -0.132. The highest BCUT2D eigenvalue weighted by molar-refractivity contribution is 5.76. The molecule has 1 aliphatic heterocycles. The summed E-state index contributed by atoms with van der Waals surface area (Å²) in [5.41, 5.74) is 2.90. The van der Waals surface area contributed by atoms with Crippen molar-refractivity contribution in [2.45, 2.75) is 32.6 Å². The Hall–Kier alpha value is -2.37. The van der Waals surface area contributed by atoms with Crippen LogP contribution in [0, 0.1) is 5.92 Å². The van der Waals surface area contributed by atoms with E-state index in [9.17, 15) is 4.79 Å². The van der Waals surface area contributed by atoms with Gasteiger partial charge in [0.05, 0.1) is 23.4 Å². The standard InChI is InChI=1S/C17H21N5O/c1-3-15(23)21-7-5-11(2)13(10-21)17-20-9-12-8-19-16-14(22(12)17)4-6-18-16/h4,6,8-9,11,13,18H,3,5,7,10H2,1-2H3/t11-,13+/m1/s1. The van der Waals surface area contributed by atoms with Crippen LogP contribution in [0.2, 0.25) is 0 Å². The van der Waals surface area contributed by atoms with E-state index in [0.717, 1.165) is 42.0 Å². The minimum Gasteiger partial charge on any atom is -0.345 e. The minimum atomic E-state index is 0.233. The molecule has 0 saturated carbocycles. The number of imidazole rings is 1. The number of piperidine rings is 1. The Kier molecular flexibility index (Phi) is 3.32. The van der Waals surface area contributed by atoms with E-state index in [0.29, 0.717) is 12.3 Å². The van der Waals surface area contributed by atoms with Gasteiger partial charge in [-0.1, -0.05) is 13.8 Å². The third-order valence-electron chi connectivity index (χ3n) is 5.03. The van der Waals surface area contributed by atoms with Crippen molar-refractivity contribution in [2.24, 2.45) is 5.92 Å². The lowest BCUT2D eigenvalue weighted by atomic mass is 9.86. The van der Waals surface area contributed by atoms with Gasteiger partial charge in [-0.3, -0.25) is 9.20 Å². The van der Waals surface area contributed by atoms with E-state index in [1.807, 2.05) is 36.5 Å². The molecule has 120 valence electrons. The first-order valence-electron chi connectivity index (χ1n) is 8.26. The smallest absolute Gasteiger partial charge is 0.222 e. The maximum atomic E-state index is 12.1. The van der Waals surface area contributed by atoms with Crippen molar-refractivity contribution >= 4 is 22.6 Å². The zero-order chi connectivity index (χ0) is 16.0. The highest BCUT2D eigenvalue weighted by atomic mass is 16.2.